The number of rotatable bonds is 3. The van der Waals surface area contributed by atoms with Gasteiger partial charge >= 0.3 is 0 Å². The molecule has 0 aliphatic heterocycles. The van der Waals surface area contributed by atoms with Gasteiger partial charge in [-0.15, -0.1) is 11.3 Å². The molecule has 21 heavy (non-hydrogen) atoms. The fourth-order valence-electron chi connectivity index (χ4n) is 2.25. The molecule has 5 nitrogen and oxygen atoms in total. The number of aromatic nitrogens is 4. The number of thiophene rings is 1. The normalized spacial score (nSPS) is 11.4. The molecule has 0 aromatic carbocycles. The van der Waals surface area contributed by atoms with E-state index in [0.29, 0.717) is 11.6 Å². The van der Waals surface area contributed by atoms with Gasteiger partial charge in [-0.1, -0.05) is 11.8 Å². The van der Waals surface area contributed by atoms with Crippen molar-refractivity contribution in [2.75, 3.05) is 5.73 Å². The molecule has 7 heteroatoms. The van der Waals surface area contributed by atoms with Crippen LogP contribution in [0.2, 0.25) is 0 Å². The van der Waals surface area contributed by atoms with Gasteiger partial charge in [0.05, 0.1) is 21.9 Å². The summed E-state index contributed by atoms with van der Waals surface area (Å²) in [5.74, 6) is 2.04. The molecule has 0 spiro atoms. The van der Waals surface area contributed by atoms with Gasteiger partial charge in [0, 0.05) is 11.9 Å². The lowest BCUT2D eigenvalue weighted by Crippen LogP contribution is -2.00. The number of anilines is 1. The zero-order valence-corrected chi connectivity index (χ0v) is 14.1. The molecule has 0 saturated heterocycles. The SMILES string of the molecule is Cc1cc(SCc2nc(N)c3c(C)c(C)sc3n2)n(C)n1. The molecule has 0 atom stereocenters. The molecule has 3 aromatic rings. The van der Waals surface area contributed by atoms with Crippen LogP contribution in [0.15, 0.2) is 11.1 Å². The quantitative estimate of drug-likeness (QED) is 0.751. The van der Waals surface area contributed by atoms with Crippen LogP contribution in [-0.4, -0.2) is 19.7 Å². The van der Waals surface area contributed by atoms with Crippen molar-refractivity contribution in [2.45, 2.75) is 31.6 Å². The smallest absolute Gasteiger partial charge is 0.142 e. The number of aryl methyl sites for hydroxylation is 4. The Balaban J connectivity index is 1.89. The average molecular weight is 319 g/mol. The van der Waals surface area contributed by atoms with Gasteiger partial charge in [0.2, 0.25) is 0 Å². The minimum atomic E-state index is 0.582. The molecule has 0 radical (unpaired) electrons. The minimum Gasteiger partial charge on any atom is -0.383 e. The van der Waals surface area contributed by atoms with Gasteiger partial charge in [0.25, 0.3) is 0 Å². The van der Waals surface area contributed by atoms with Crippen molar-refractivity contribution >= 4 is 39.1 Å². The number of nitrogens with two attached hydrogens (primary N) is 1. The molecule has 0 unspecified atom stereocenters. The number of hydrogen-bond donors (Lipinski definition) is 1. The van der Waals surface area contributed by atoms with E-state index in [-0.39, 0.29) is 0 Å². The van der Waals surface area contributed by atoms with Crippen molar-refractivity contribution in [2.24, 2.45) is 7.05 Å². The third-order valence-electron chi connectivity index (χ3n) is 3.41. The van der Waals surface area contributed by atoms with E-state index in [1.54, 1.807) is 23.1 Å². The summed E-state index contributed by atoms with van der Waals surface area (Å²) in [5.41, 5.74) is 8.31. The molecule has 0 amide bonds. The van der Waals surface area contributed by atoms with E-state index < -0.39 is 0 Å². The topological polar surface area (TPSA) is 69.6 Å². The summed E-state index contributed by atoms with van der Waals surface area (Å²) in [4.78, 5) is 11.3. The lowest BCUT2D eigenvalue weighted by Gasteiger charge is -2.03. The Labute approximate surface area is 131 Å². The third kappa shape index (κ3) is 2.63. The van der Waals surface area contributed by atoms with Crippen molar-refractivity contribution in [3.8, 4) is 0 Å². The van der Waals surface area contributed by atoms with Crippen LogP contribution in [0, 0.1) is 20.8 Å². The van der Waals surface area contributed by atoms with Crippen LogP contribution in [0.3, 0.4) is 0 Å². The molecule has 3 rings (SSSR count). The second kappa shape index (κ2) is 5.31. The first-order valence-electron chi connectivity index (χ1n) is 6.61. The first-order valence-corrected chi connectivity index (χ1v) is 8.41. The van der Waals surface area contributed by atoms with Crippen LogP contribution in [0.25, 0.3) is 10.2 Å². The van der Waals surface area contributed by atoms with Crippen molar-refractivity contribution < 1.29 is 0 Å². The molecule has 2 N–H and O–H groups in total. The van der Waals surface area contributed by atoms with Crippen LogP contribution in [0.4, 0.5) is 5.82 Å². The molecule has 110 valence electrons. The fraction of sp³-hybridized carbons (Fsp3) is 0.357. The predicted molar refractivity (Wildman–Crippen MR) is 88.8 cm³/mol. The molecule has 0 aliphatic rings. The lowest BCUT2D eigenvalue weighted by molar-refractivity contribution is 0.692. The Bertz CT molecular complexity index is 818. The molecular formula is C14H17N5S2. The highest BCUT2D eigenvalue weighted by molar-refractivity contribution is 7.98. The highest BCUT2D eigenvalue weighted by Gasteiger charge is 2.13. The number of fused-ring (bicyclic) bond motifs is 1. The van der Waals surface area contributed by atoms with Gasteiger partial charge in [-0.25, -0.2) is 9.97 Å². The van der Waals surface area contributed by atoms with Crippen molar-refractivity contribution in [3.63, 3.8) is 0 Å². The second-order valence-electron chi connectivity index (χ2n) is 5.02. The monoisotopic (exact) mass is 319 g/mol. The maximum Gasteiger partial charge on any atom is 0.142 e. The number of hydrogen-bond acceptors (Lipinski definition) is 6. The van der Waals surface area contributed by atoms with Crippen molar-refractivity contribution in [1.29, 1.82) is 0 Å². The van der Waals surface area contributed by atoms with Crippen molar-refractivity contribution in [1.82, 2.24) is 19.7 Å². The van der Waals surface area contributed by atoms with E-state index >= 15 is 0 Å². The van der Waals surface area contributed by atoms with Gasteiger partial charge in [-0.05, 0) is 32.4 Å². The summed E-state index contributed by atoms with van der Waals surface area (Å²) in [7, 11) is 1.94. The van der Waals surface area contributed by atoms with Gasteiger partial charge in [0.15, 0.2) is 0 Å². The maximum absolute atomic E-state index is 6.10. The van der Waals surface area contributed by atoms with Gasteiger partial charge in [-0.2, -0.15) is 5.10 Å². The Morgan fingerprint density at radius 1 is 1.29 bits per heavy atom. The highest BCUT2D eigenvalue weighted by Crippen LogP contribution is 2.32. The van der Waals surface area contributed by atoms with E-state index in [1.165, 1.54) is 10.4 Å². The first kappa shape index (κ1) is 14.3. The summed E-state index contributed by atoms with van der Waals surface area (Å²) in [6, 6.07) is 2.06. The van der Waals surface area contributed by atoms with E-state index in [2.05, 4.69) is 35.0 Å². The van der Waals surface area contributed by atoms with Crippen LogP contribution >= 0.6 is 23.1 Å². The Hall–Kier alpha value is -1.60. The maximum atomic E-state index is 6.10. The Morgan fingerprint density at radius 3 is 2.71 bits per heavy atom. The molecule has 0 aliphatic carbocycles. The predicted octanol–water partition coefficient (Wildman–Crippen LogP) is 3.22. The minimum absolute atomic E-state index is 0.582. The largest absolute Gasteiger partial charge is 0.383 e. The third-order valence-corrected chi connectivity index (χ3v) is 5.59. The van der Waals surface area contributed by atoms with Gasteiger partial charge in [-0.3, -0.25) is 4.68 Å². The summed E-state index contributed by atoms with van der Waals surface area (Å²) in [6.45, 7) is 6.15. The van der Waals surface area contributed by atoms with Gasteiger partial charge in [0.1, 0.15) is 16.5 Å². The van der Waals surface area contributed by atoms with Crippen LogP contribution in [-0.2, 0) is 12.8 Å². The lowest BCUT2D eigenvalue weighted by atomic mass is 10.2. The highest BCUT2D eigenvalue weighted by atomic mass is 32.2. The molecule has 3 aromatic heterocycles. The van der Waals surface area contributed by atoms with Crippen LogP contribution in [0.5, 0.6) is 0 Å². The number of nitrogen functional groups attached to an aromatic ring is 1. The Kier molecular flexibility index (Phi) is 3.62. The van der Waals surface area contributed by atoms with E-state index in [9.17, 15) is 0 Å². The van der Waals surface area contributed by atoms with Crippen LogP contribution in [0.1, 0.15) is 22.0 Å². The number of thioether (sulfide) groups is 1. The molecule has 0 fully saturated rings. The summed E-state index contributed by atoms with van der Waals surface area (Å²) >= 11 is 3.35. The fourth-order valence-corrected chi connectivity index (χ4v) is 4.20. The summed E-state index contributed by atoms with van der Waals surface area (Å²) in [5, 5.41) is 6.45. The standard InChI is InChI=1S/C14H17N5S2/c1-7-5-11(19(4)18-7)20-6-10-16-13(15)12-8(2)9(3)21-14(12)17-10/h5H,6H2,1-4H3,(H2,15,16,17). The van der Waals surface area contributed by atoms with Crippen molar-refractivity contribution in [3.05, 3.63) is 28.0 Å². The Morgan fingerprint density at radius 2 is 2.05 bits per heavy atom. The molecule has 3 heterocycles. The molecular weight excluding hydrogens is 302 g/mol. The van der Waals surface area contributed by atoms with E-state index in [0.717, 1.165) is 26.8 Å². The zero-order chi connectivity index (χ0) is 15.1. The molecule has 0 saturated carbocycles. The first-order chi connectivity index (χ1) is 9.95. The van der Waals surface area contributed by atoms with Gasteiger partial charge < -0.3 is 5.73 Å². The van der Waals surface area contributed by atoms with Crippen LogP contribution < -0.4 is 5.73 Å². The van der Waals surface area contributed by atoms with E-state index in [1.807, 2.05) is 18.7 Å². The van der Waals surface area contributed by atoms with E-state index in [4.69, 9.17) is 5.73 Å². The average Bonchev–Trinajstić information content (AvgIpc) is 2.87. The number of nitrogens with zero attached hydrogens (tertiary/aromatic N) is 4. The second-order valence-corrected chi connectivity index (χ2v) is 7.22. The zero-order valence-electron chi connectivity index (χ0n) is 12.5. The molecule has 0 bridgehead atoms. The summed E-state index contributed by atoms with van der Waals surface area (Å²) < 4.78 is 1.88. The summed E-state index contributed by atoms with van der Waals surface area (Å²) in [6.07, 6.45) is 0.